The number of rotatable bonds is 6. The Labute approximate surface area is 186 Å². The zero-order chi connectivity index (χ0) is 20.0. The van der Waals surface area contributed by atoms with Crippen LogP contribution in [0.4, 0.5) is 0 Å². The quantitative estimate of drug-likeness (QED) is 0.335. The van der Waals surface area contributed by atoms with Gasteiger partial charge in [0.15, 0.2) is 0 Å². The SMILES string of the molecule is CCCC[C](=[Zr+2])CCCC.[C-]1=CC=CC1.c1ccc2c(c1)[cH-]c1ccccc12. The molecule has 144 valence electrons. The van der Waals surface area contributed by atoms with Gasteiger partial charge < -0.3 is 0 Å². The number of allylic oxidation sites excluding steroid dienone is 4. The minimum Gasteiger partial charge on any atom is -0.273 e. The Morgan fingerprint density at radius 3 is 1.82 bits per heavy atom. The molecule has 0 saturated heterocycles. The minimum atomic E-state index is 1.01. The molecule has 0 fully saturated rings. The Morgan fingerprint density at radius 1 is 0.893 bits per heavy atom. The zero-order valence-corrected chi connectivity index (χ0v) is 19.8. The van der Waals surface area contributed by atoms with Crippen molar-refractivity contribution in [1.29, 1.82) is 0 Å². The summed E-state index contributed by atoms with van der Waals surface area (Å²) < 4.78 is 1.79. The number of fused-ring (bicyclic) bond motifs is 3. The maximum Gasteiger partial charge on any atom is -0.0771 e. The molecular weight excluding hydrogens is 416 g/mol. The molecular formula is C27H32Zr. The molecule has 0 nitrogen and oxygen atoms in total. The Kier molecular flexibility index (Phi) is 11.1. The van der Waals surface area contributed by atoms with Crippen LogP contribution < -0.4 is 0 Å². The summed E-state index contributed by atoms with van der Waals surface area (Å²) in [5.74, 6) is 0. The normalized spacial score (nSPS) is 11.9. The first-order valence-corrected chi connectivity index (χ1v) is 11.8. The van der Waals surface area contributed by atoms with Crippen LogP contribution in [0, 0.1) is 6.08 Å². The molecule has 0 aromatic heterocycles. The number of hydrogen-bond acceptors (Lipinski definition) is 0. The molecule has 0 unspecified atom stereocenters. The molecule has 0 amide bonds. The largest absolute Gasteiger partial charge is 0.273 e. The molecule has 0 heterocycles. The summed E-state index contributed by atoms with van der Waals surface area (Å²) in [4.78, 5) is 0. The summed E-state index contributed by atoms with van der Waals surface area (Å²) in [6, 6.07) is 19.3. The first kappa shape index (κ1) is 22.8. The summed E-state index contributed by atoms with van der Waals surface area (Å²) in [5, 5.41) is 5.39. The second-order valence-corrected chi connectivity index (χ2v) is 8.87. The third kappa shape index (κ3) is 7.88. The van der Waals surface area contributed by atoms with Crippen LogP contribution in [0.5, 0.6) is 0 Å². The van der Waals surface area contributed by atoms with E-state index in [0.717, 1.165) is 6.42 Å². The van der Waals surface area contributed by atoms with E-state index in [9.17, 15) is 0 Å². The fourth-order valence-electron chi connectivity index (χ4n) is 3.15. The fourth-order valence-corrected chi connectivity index (χ4v) is 4.02. The first-order chi connectivity index (χ1) is 13.8. The van der Waals surface area contributed by atoms with Crippen molar-refractivity contribution in [3.63, 3.8) is 0 Å². The van der Waals surface area contributed by atoms with Crippen LogP contribution in [0.15, 0.2) is 72.8 Å². The number of benzene rings is 2. The average molecular weight is 448 g/mol. The van der Waals surface area contributed by atoms with Crippen molar-refractivity contribution in [3.8, 4) is 0 Å². The van der Waals surface area contributed by atoms with E-state index in [1.807, 2.05) is 12.2 Å². The Morgan fingerprint density at radius 2 is 1.43 bits per heavy atom. The smallest absolute Gasteiger partial charge is 0.0771 e. The molecule has 4 rings (SSSR count). The second-order valence-electron chi connectivity index (χ2n) is 7.13. The van der Waals surface area contributed by atoms with Gasteiger partial charge in [0.2, 0.25) is 0 Å². The molecule has 0 spiro atoms. The monoisotopic (exact) mass is 446 g/mol. The van der Waals surface area contributed by atoms with Gasteiger partial charge in [0.25, 0.3) is 0 Å². The van der Waals surface area contributed by atoms with Gasteiger partial charge in [-0.2, -0.15) is 6.08 Å². The molecule has 0 radical (unpaired) electrons. The van der Waals surface area contributed by atoms with Crippen LogP contribution in [-0.2, 0) is 24.2 Å². The van der Waals surface area contributed by atoms with Gasteiger partial charge in [0, 0.05) is 0 Å². The molecule has 3 aromatic carbocycles. The second kappa shape index (κ2) is 13.7. The van der Waals surface area contributed by atoms with Crippen LogP contribution in [-0.4, -0.2) is 3.21 Å². The van der Waals surface area contributed by atoms with Gasteiger partial charge in [-0.1, -0.05) is 36.4 Å². The van der Waals surface area contributed by atoms with Crippen LogP contribution in [0.2, 0.25) is 0 Å². The van der Waals surface area contributed by atoms with E-state index in [1.165, 1.54) is 60.1 Å². The molecule has 1 aliphatic carbocycles. The minimum absolute atomic E-state index is 1.01. The van der Waals surface area contributed by atoms with E-state index in [0.29, 0.717) is 0 Å². The van der Waals surface area contributed by atoms with Gasteiger partial charge in [-0.05, 0) is 0 Å². The van der Waals surface area contributed by atoms with Crippen molar-refractivity contribution in [2.24, 2.45) is 0 Å². The Hall–Kier alpha value is -1.46. The van der Waals surface area contributed by atoms with E-state index < -0.39 is 0 Å². The van der Waals surface area contributed by atoms with E-state index in [4.69, 9.17) is 0 Å². The molecule has 1 aliphatic rings. The fraction of sp³-hybridized carbons (Fsp3) is 0.333. The predicted octanol–water partition coefficient (Wildman–Crippen LogP) is 8.10. The molecule has 0 N–H and O–H groups in total. The zero-order valence-electron chi connectivity index (χ0n) is 17.4. The van der Waals surface area contributed by atoms with Gasteiger partial charge >= 0.3 is 79.8 Å². The standard InChI is InChI=1S/C13H9.C9H18.C5H5.Zr/c1-3-7-12-10(5-1)9-11-6-2-4-8-13(11)12;1-3-5-7-9-8-6-4-2;1-2-4-5-3-1;/h1-9H;3-8H2,1-2H3;1-3H,4H2;/q-1;;-1;+2. The predicted molar refractivity (Wildman–Crippen MR) is 123 cm³/mol. The summed E-state index contributed by atoms with van der Waals surface area (Å²) in [6.45, 7) is 4.53. The summed E-state index contributed by atoms with van der Waals surface area (Å²) in [5.41, 5.74) is 0. The van der Waals surface area contributed by atoms with E-state index >= 15 is 0 Å². The van der Waals surface area contributed by atoms with Crippen molar-refractivity contribution in [1.82, 2.24) is 0 Å². The molecule has 28 heavy (non-hydrogen) atoms. The van der Waals surface area contributed by atoms with E-state index in [-0.39, 0.29) is 0 Å². The van der Waals surface area contributed by atoms with Crippen molar-refractivity contribution in [2.45, 2.75) is 58.8 Å². The van der Waals surface area contributed by atoms with Crippen LogP contribution >= 0.6 is 0 Å². The summed E-state index contributed by atoms with van der Waals surface area (Å²) in [7, 11) is 0. The van der Waals surface area contributed by atoms with Crippen LogP contribution in [0.25, 0.3) is 21.5 Å². The first-order valence-electron chi connectivity index (χ1n) is 10.6. The van der Waals surface area contributed by atoms with Crippen molar-refractivity contribution in [3.05, 3.63) is 78.9 Å². The molecule has 3 aromatic rings. The number of unbranched alkanes of at least 4 members (excludes halogenated alkanes) is 2. The van der Waals surface area contributed by atoms with Gasteiger partial charge in [-0.3, -0.25) is 6.08 Å². The van der Waals surface area contributed by atoms with E-state index in [2.05, 4.69) is 80.6 Å². The maximum atomic E-state index is 2.99. The third-order valence-corrected chi connectivity index (χ3v) is 6.00. The number of hydrogen-bond donors (Lipinski definition) is 0. The summed E-state index contributed by atoms with van der Waals surface area (Å²) in [6.07, 6.45) is 18.3. The third-order valence-electron chi connectivity index (χ3n) is 4.77. The summed E-state index contributed by atoms with van der Waals surface area (Å²) >= 11 is 1.67. The van der Waals surface area contributed by atoms with Crippen LogP contribution in [0.3, 0.4) is 0 Å². The Bertz CT molecular complexity index is 824. The molecule has 0 bridgehead atoms. The molecule has 0 saturated carbocycles. The van der Waals surface area contributed by atoms with Gasteiger partial charge in [0.1, 0.15) is 0 Å². The molecule has 0 atom stereocenters. The van der Waals surface area contributed by atoms with Crippen molar-refractivity contribution in [2.75, 3.05) is 0 Å². The molecule has 0 aliphatic heterocycles. The Balaban J connectivity index is 0.000000166. The molecule has 1 heteroatoms. The van der Waals surface area contributed by atoms with Crippen molar-refractivity contribution >= 4 is 24.8 Å². The van der Waals surface area contributed by atoms with Crippen molar-refractivity contribution < 1.29 is 24.2 Å². The topological polar surface area (TPSA) is 0 Å². The average Bonchev–Trinajstić information content (AvgIpc) is 3.42. The van der Waals surface area contributed by atoms with Gasteiger partial charge in [0.05, 0.1) is 0 Å². The van der Waals surface area contributed by atoms with Crippen LogP contribution in [0.1, 0.15) is 58.8 Å². The van der Waals surface area contributed by atoms with Gasteiger partial charge in [-0.25, -0.2) is 12.2 Å². The maximum absolute atomic E-state index is 2.99. The van der Waals surface area contributed by atoms with Gasteiger partial charge in [-0.15, -0.1) is 46.2 Å². The van der Waals surface area contributed by atoms with E-state index in [1.54, 1.807) is 27.4 Å².